The van der Waals surface area contributed by atoms with Crippen molar-refractivity contribution in [3.05, 3.63) is 0 Å². The fourth-order valence-corrected chi connectivity index (χ4v) is 2.21. The Morgan fingerprint density at radius 3 is 2.55 bits per heavy atom. The van der Waals surface area contributed by atoms with Crippen LogP contribution in [-0.4, -0.2) is 41.4 Å². The summed E-state index contributed by atoms with van der Waals surface area (Å²) >= 11 is 1.26. The summed E-state index contributed by atoms with van der Waals surface area (Å²) < 4.78 is 30.1. The second kappa shape index (κ2) is 4.97. The van der Waals surface area contributed by atoms with Crippen molar-refractivity contribution in [3.63, 3.8) is 0 Å². The van der Waals surface area contributed by atoms with E-state index in [1.165, 1.54) is 11.8 Å². The molecule has 11 heavy (non-hydrogen) atoms. The van der Waals surface area contributed by atoms with Crippen LogP contribution in [0.4, 0.5) is 0 Å². The molecule has 0 radical (unpaired) electrons. The first-order valence-corrected chi connectivity index (χ1v) is 5.84. The predicted molar refractivity (Wildman–Crippen MR) is 43.6 cm³/mol. The monoisotopic (exact) mass is 199 g/mol. The lowest BCUT2D eigenvalue weighted by atomic mass is 10.5. The summed E-state index contributed by atoms with van der Waals surface area (Å²) in [6, 6.07) is 0. The third-order valence-electron chi connectivity index (χ3n) is 0.837. The van der Waals surface area contributed by atoms with Gasteiger partial charge < -0.3 is 9.66 Å². The fourth-order valence-electron chi connectivity index (χ4n) is 0.415. The Bertz CT molecular complexity index is 185. The maximum atomic E-state index is 10.0. The van der Waals surface area contributed by atoms with E-state index in [0.717, 1.165) is 0 Å². The molecule has 0 amide bonds. The van der Waals surface area contributed by atoms with Gasteiger partial charge in [0, 0.05) is 17.3 Å². The number of aliphatic hydroxyl groups is 1. The molecule has 68 valence electrons. The van der Waals surface area contributed by atoms with Crippen molar-refractivity contribution in [2.75, 3.05) is 17.3 Å². The Kier molecular flexibility index (Phi) is 5.07. The third-order valence-corrected chi connectivity index (χ3v) is 3.01. The standard InChI is InChI=1S/C5H12O4S2/c1-5(6)4-10-2-3-11(7,8)9/h5-6H,2-4H2,1H3,(H,7,8,9)/p-1. The van der Waals surface area contributed by atoms with Gasteiger partial charge in [-0.05, 0) is 6.92 Å². The zero-order valence-corrected chi connectivity index (χ0v) is 7.82. The van der Waals surface area contributed by atoms with Crippen LogP contribution in [0.3, 0.4) is 0 Å². The summed E-state index contributed by atoms with van der Waals surface area (Å²) in [7, 11) is -4.07. The first-order valence-electron chi connectivity index (χ1n) is 3.11. The Labute approximate surface area is 70.7 Å². The Balaban J connectivity index is 3.30. The molecule has 1 unspecified atom stereocenters. The third kappa shape index (κ3) is 10.2. The van der Waals surface area contributed by atoms with E-state index < -0.39 is 16.2 Å². The minimum Gasteiger partial charge on any atom is -0.748 e. The molecule has 1 N–H and O–H groups in total. The van der Waals surface area contributed by atoms with E-state index in [-0.39, 0.29) is 11.5 Å². The van der Waals surface area contributed by atoms with Crippen molar-refractivity contribution in [1.29, 1.82) is 0 Å². The molecular weight excluding hydrogens is 188 g/mol. The van der Waals surface area contributed by atoms with Crippen LogP contribution in [0.1, 0.15) is 6.92 Å². The molecule has 0 aromatic rings. The highest BCUT2D eigenvalue weighted by molar-refractivity contribution is 8.00. The Hall–Kier alpha value is 0.220. The molecule has 0 bridgehead atoms. The largest absolute Gasteiger partial charge is 0.748 e. The fraction of sp³-hybridized carbons (Fsp3) is 1.00. The highest BCUT2D eigenvalue weighted by atomic mass is 32.2. The Morgan fingerprint density at radius 1 is 1.64 bits per heavy atom. The lowest BCUT2D eigenvalue weighted by molar-refractivity contribution is 0.220. The molecule has 0 saturated heterocycles. The van der Waals surface area contributed by atoms with E-state index in [0.29, 0.717) is 5.75 Å². The number of hydrogen-bond donors (Lipinski definition) is 1. The summed E-state index contributed by atoms with van der Waals surface area (Å²) in [5.74, 6) is 0.372. The highest BCUT2D eigenvalue weighted by Gasteiger charge is 1.98. The van der Waals surface area contributed by atoms with Crippen molar-refractivity contribution >= 4 is 21.9 Å². The molecule has 0 saturated carbocycles. The number of thioether (sulfide) groups is 1. The van der Waals surface area contributed by atoms with Gasteiger partial charge in [0.1, 0.15) is 0 Å². The molecule has 0 aliphatic carbocycles. The molecule has 0 aliphatic rings. The summed E-state index contributed by atoms with van der Waals surface area (Å²) in [6.45, 7) is 1.61. The van der Waals surface area contributed by atoms with Gasteiger partial charge in [-0.25, -0.2) is 8.42 Å². The van der Waals surface area contributed by atoms with E-state index in [1.807, 2.05) is 0 Å². The molecule has 0 heterocycles. The molecule has 0 aliphatic heterocycles. The first-order chi connectivity index (χ1) is 4.92. The lowest BCUT2D eigenvalue weighted by Crippen LogP contribution is -2.09. The molecule has 0 aromatic heterocycles. The number of aliphatic hydroxyl groups excluding tert-OH is 1. The second-order valence-corrected chi connectivity index (χ2v) is 4.86. The van der Waals surface area contributed by atoms with Gasteiger partial charge in [-0.2, -0.15) is 11.8 Å². The molecule has 6 heteroatoms. The van der Waals surface area contributed by atoms with Crippen LogP contribution in [0, 0.1) is 0 Å². The molecule has 1 atom stereocenters. The van der Waals surface area contributed by atoms with Crippen LogP contribution in [0.5, 0.6) is 0 Å². The van der Waals surface area contributed by atoms with Crippen LogP contribution in [0.15, 0.2) is 0 Å². The zero-order chi connectivity index (χ0) is 8.91. The van der Waals surface area contributed by atoms with Crippen LogP contribution in [-0.2, 0) is 10.1 Å². The second-order valence-electron chi connectivity index (χ2n) is 2.19. The van der Waals surface area contributed by atoms with Gasteiger partial charge in [0.05, 0.1) is 16.2 Å². The van der Waals surface area contributed by atoms with Crippen LogP contribution < -0.4 is 0 Å². The topological polar surface area (TPSA) is 77.4 Å². The van der Waals surface area contributed by atoms with Gasteiger partial charge in [0.15, 0.2) is 0 Å². The zero-order valence-electron chi connectivity index (χ0n) is 6.19. The van der Waals surface area contributed by atoms with Gasteiger partial charge in [0.25, 0.3) is 0 Å². The van der Waals surface area contributed by atoms with E-state index in [9.17, 15) is 13.0 Å². The highest BCUT2D eigenvalue weighted by Crippen LogP contribution is 2.02. The Morgan fingerprint density at radius 2 is 2.18 bits per heavy atom. The molecule has 0 aromatic carbocycles. The maximum absolute atomic E-state index is 10.0. The van der Waals surface area contributed by atoms with Crippen LogP contribution >= 0.6 is 11.8 Å². The molecule has 0 spiro atoms. The quantitative estimate of drug-likeness (QED) is 0.483. The summed E-state index contributed by atoms with van der Waals surface area (Å²) in [6.07, 6.45) is -0.450. The van der Waals surface area contributed by atoms with E-state index >= 15 is 0 Å². The average Bonchev–Trinajstić information content (AvgIpc) is 1.78. The maximum Gasteiger partial charge on any atom is 0.0954 e. The number of hydrogen-bond acceptors (Lipinski definition) is 5. The van der Waals surface area contributed by atoms with Crippen LogP contribution in [0.25, 0.3) is 0 Å². The number of rotatable bonds is 5. The normalized spacial score (nSPS) is 14.8. The van der Waals surface area contributed by atoms with E-state index in [4.69, 9.17) is 5.11 Å². The predicted octanol–water partition coefficient (Wildman–Crippen LogP) is -0.354. The van der Waals surface area contributed by atoms with E-state index in [2.05, 4.69) is 0 Å². The summed E-state index contributed by atoms with van der Waals surface area (Å²) in [4.78, 5) is 0. The van der Waals surface area contributed by atoms with Crippen molar-refractivity contribution < 1.29 is 18.1 Å². The average molecular weight is 199 g/mol. The minimum atomic E-state index is -4.07. The van der Waals surface area contributed by atoms with Crippen molar-refractivity contribution in [2.45, 2.75) is 13.0 Å². The van der Waals surface area contributed by atoms with Crippen molar-refractivity contribution in [2.24, 2.45) is 0 Å². The van der Waals surface area contributed by atoms with Gasteiger partial charge in [-0.15, -0.1) is 0 Å². The lowest BCUT2D eigenvalue weighted by Gasteiger charge is -2.06. The first kappa shape index (κ1) is 11.2. The van der Waals surface area contributed by atoms with Gasteiger partial charge >= 0.3 is 0 Å². The van der Waals surface area contributed by atoms with E-state index in [1.54, 1.807) is 6.92 Å². The molecule has 0 fully saturated rings. The summed E-state index contributed by atoms with van der Waals surface area (Å²) in [5, 5.41) is 8.73. The smallest absolute Gasteiger partial charge is 0.0954 e. The SMILES string of the molecule is CC(O)CSCCS(=O)(=O)[O-]. The van der Waals surface area contributed by atoms with Crippen molar-refractivity contribution in [3.8, 4) is 0 Å². The van der Waals surface area contributed by atoms with Gasteiger partial charge in [-0.3, -0.25) is 0 Å². The molecule has 4 nitrogen and oxygen atoms in total. The van der Waals surface area contributed by atoms with Gasteiger partial charge in [-0.1, -0.05) is 0 Å². The summed E-state index contributed by atoms with van der Waals surface area (Å²) in [5.41, 5.74) is 0. The molecule has 0 rings (SSSR count). The van der Waals surface area contributed by atoms with Crippen LogP contribution in [0.2, 0.25) is 0 Å². The van der Waals surface area contributed by atoms with Gasteiger partial charge in [0.2, 0.25) is 0 Å². The van der Waals surface area contributed by atoms with Crippen molar-refractivity contribution in [1.82, 2.24) is 0 Å². The molecular formula is C5H11O4S2-. The minimum absolute atomic E-state index is 0.261.